The van der Waals surface area contributed by atoms with Crippen molar-refractivity contribution in [3.8, 4) is 0 Å². The Bertz CT molecular complexity index is 493. The maximum atomic E-state index is 13.4. The van der Waals surface area contributed by atoms with Gasteiger partial charge in [0.05, 0.1) is 11.6 Å². The summed E-state index contributed by atoms with van der Waals surface area (Å²) >= 11 is 3.38. The van der Waals surface area contributed by atoms with Crippen molar-refractivity contribution in [2.45, 2.75) is 19.4 Å². The minimum Gasteiger partial charge on any atom is -0.393 e. The molecule has 1 atom stereocenters. The first-order valence-corrected chi connectivity index (χ1v) is 5.51. The zero-order valence-corrected chi connectivity index (χ0v) is 9.81. The van der Waals surface area contributed by atoms with Gasteiger partial charge in [0.1, 0.15) is 5.82 Å². The van der Waals surface area contributed by atoms with Gasteiger partial charge in [-0.25, -0.2) is 4.39 Å². The lowest BCUT2D eigenvalue weighted by Crippen LogP contribution is -2.03. The number of nitrogens with one attached hydrogen (secondary N) is 1. The Morgan fingerprint density at radius 2 is 2.27 bits per heavy atom. The van der Waals surface area contributed by atoms with Crippen LogP contribution in [0.3, 0.4) is 0 Å². The van der Waals surface area contributed by atoms with Crippen molar-refractivity contribution in [3.05, 3.63) is 34.2 Å². The number of aliphatic hydroxyl groups excluding tert-OH is 1. The lowest BCUT2D eigenvalue weighted by atomic mass is 10.1. The van der Waals surface area contributed by atoms with Crippen molar-refractivity contribution in [2.75, 3.05) is 0 Å². The Morgan fingerprint density at radius 3 is 2.93 bits per heavy atom. The van der Waals surface area contributed by atoms with Crippen LogP contribution in [-0.4, -0.2) is 16.2 Å². The van der Waals surface area contributed by atoms with E-state index in [1.54, 1.807) is 19.2 Å². The molecule has 2 N–H and O–H groups in total. The van der Waals surface area contributed by atoms with Crippen LogP contribution in [0, 0.1) is 5.82 Å². The minimum absolute atomic E-state index is 0.273. The van der Waals surface area contributed by atoms with E-state index in [1.165, 1.54) is 6.07 Å². The zero-order valence-electron chi connectivity index (χ0n) is 8.22. The zero-order chi connectivity index (χ0) is 11.0. The molecule has 0 radical (unpaired) electrons. The van der Waals surface area contributed by atoms with E-state index in [2.05, 4.69) is 20.9 Å². The van der Waals surface area contributed by atoms with E-state index in [0.717, 1.165) is 15.4 Å². The van der Waals surface area contributed by atoms with Crippen LogP contribution < -0.4 is 0 Å². The second kappa shape index (κ2) is 3.94. The second-order valence-corrected chi connectivity index (χ2v) is 4.50. The molecule has 0 bridgehead atoms. The Morgan fingerprint density at radius 1 is 1.53 bits per heavy atom. The maximum Gasteiger partial charge on any atom is 0.147 e. The van der Waals surface area contributed by atoms with Gasteiger partial charge in [0.15, 0.2) is 0 Å². The molecule has 2 aromatic rings. The number of aliphatic hydroxyl groups is 1. The summed E-state index contributed by atoms with van der Waals surface area (Å²) in [5.74, 6) is -0.273. The molecular formula is C11H11BrFNO. The number of rotatable bonds is 2. The fourth-order valence-corrected chi connectivity index (χ4v) is 2.30. The summed E-state index contributed by atoms with van der Waals surface area (Å²) in [6.07, 6.45) is 1.83. The van der Waals surface area contributed by atoms with E-state index in [1.807, 2.05) is 0 Å². The maximum absolute atomic E-state index is 13.4. The highest BCUT2D eigenvalue weighted by Gasteiger charge is 2.12. The summed E-state index contributed by atoms with van der Waals surface area (Å²) in [7, 11) is 0. The fourth-order valence-electron chi connectivity index (χ4n) is 1.72. The summed E-state index contributed by atoms with van der Waals surface area (Å²) in [5.41, 5.74) is 1.41. The highest BCUT2D eigenvalue weighted by molar-refractivity contribution is 9.10. The van der Waals surface area contributed by atoms with Gasteiger partial charge < -0.3 is 10.1 Å². The van der Waals surface area contributed by atoms with Gasteiger partial charge in [-0.2, -0.15) is 0 Å². The van der Waals surface area contributed by atoms with Gasteiger partial charge in [-0.05, 0) is 24.6 Å². The average molecular weight is 272 g/mol. The van der Waals surface area contributed by atoms with Gasteiger partial charge in [-0.1, -0.05) is 15.9 Å². The predicted molar refractivity (Wildman–Crippen MR) is 61.3 cm³/mol. The number of benzene rings is 1. The molecule has 0 spiro atoms. The number of halogens is 2. The van der Waals surface area contributed by atoms with Crippen molar-refractivity contribution >= 4 is 26.8 Å². The molecule has 4 heteroatoms. The SMILES string of the molecule is CC(O)Cc1c[nH]c2c(F)ccc(Br)c12. The van der Waals surface area contributed by atoms with Crippen LogP contribution in [0.15, 0.2) is 22.8 Å². The van der Waals surface area contributed by atoms with Gasteiger partial charge in [0.25, 0.3) is 0 Å². The highest BCUT2D eigenvalue weighted by atomic mass is 79.9. The quantitative estimate of drug-likeness (QED) is 0.866. The van der Waals surface area contributed by atoms with Crippen LogP contribution in [0.5, 0.6) is 0 Å². The van der Waals surface area contributed by atoms with Crippen molar-refractivity contribution in [2.24, 2.45) is 0 Å². The summed E-state index contributed by atoms with van der Waals surface area (Å²) < 4.78 is 14.2. The van der Waals surface area contributed by atoms with Gasteiger partial charge >= 0.3 is 0 Å². The van der Waals surface area contributed by atoms with E-state index in [4.69, 9.17) is 0 Å². The molecule has 0 saturated carbocycles. The monoisotopic (exact) mass is 271 g/mol. The molecule has 1 unspecified atom stereocenters. The van der Waals surface area contributed by atoms with Gasteiger partial charge in [0, 0.05) is 22.5 Å². The molecule has 1 aromatic heterocycles. The molecule has 80 valence electrons. The first kappa shape index (κ1) is 10.6. The van der Waals surface area contributed by atoms with Crippen LogP contribution in [-0.2, 0) is 6.42 Å². The normalized spacial score (nSPS) is 13.3. The number of aromatic amines is 1. The topological polar surface area (TPSA) is 36.0 Å². The third-order valence-electron chi connectivity index (χ3n) is 2.33. The highest BCUT2D eigenvalue weighted by Crippen LogP contribution is 2.29. The first-order valence-electron chi connectivity index (χ1n) is 4.71. The van der Waals surface area contributed by atoms with Gasteiger partial charge in [0.2, 0.25) is 0 Å². The second-order valence-electron chi connectivity index (χ2n) is 3.65. The Hall–Kier alpha value is -0.870. The van der Waals surface area contributed by atoms with Gasteiger partial charge in [-0.3, -0.25) is 0 Å². The number of hydrogen-bond donors (Lipinski definition) is 2. The van der Waals surface area contributed by atoms with E-state index in [0.29, 0.717) is 11.9 Å². The molecule has 1 heterocycles. The van der Waals surface area contributed by atoms with E-state index in [-0.39, 0.29) is 5.82 Å². The fraction of sp³-hybridized carbons (Fsp3) is 0.273. The summed E-state index contributed by atoms with van der Waals surface area (Å²) in [6.45, 7) is 1.71. The Balaban J connectivity index is 2.62. The average Bonchev–Trinajstić information content (AvgIpc) is 2.56. The molecule has 0 aliphatic rings. The van der Waals surface area contributed by atoms with E-state index in [9.17, 15) is 9.50 Å². The van der Waals surface area contributed by atoms with Crippen LogP contribution >= 0.6 is 15.9 Å². The van der Waals surface area contributed by atoms with Crippen LogP contribution in [0.25, 0.3) is 10.9 Å². The smallest absolute Gasteiger partial charge is 0.147 e. The predicted octanol–water partition coefficient (Wildman–Crippen LogP) is 2.99. The van der Waals surface area contributed by atoms with Crippen molar-refractivity contribution in [1.29, 1.82) is 0 Å². The molecular weight excluding hydrogens is 261 g/mol. The minimum atomic E-state index is -0.431. The third-order valence-corrected chi connectivity index (χ3v) is 2.99. The summed E-state index contributed by atoms with van der Waals surface area (Å²) in [5, 5.41) is 10.1. The largest absolute Gasteiger partial charge is 0.393 e. The van der Waals surface area contributed by atoms with Crippen LogP contribution in [0.1, 0.15) is 12.5 Å². The van der Waals surface area contributed by atoms with Crippen LogP contribution in [0.2, 0.25) is 0 Å². The summed E-state index contributed by atoms with van der Waals surface area (Å²) in [6, 6.07) is 3.09. The third kappa shape index (κ3) is 1.92. The number of H-pyrrole nitrogens is 1. The Labute approximate surface area is 95.2 Å². The molecule has 0 amide bonds. The number of hydrogen-bond acceptors (Lipinski definition) is 1. The van der Waals surface area contributed by atoms with Crippen molar-refractivity contribution in [1.82, 2.24) is 4.98 Å². The Kier molecular flexibility index (Phi) is 2.80. The molecule has 2 nitrogen and oxygen atoms in total. The molecule has 0 fully saturated rings. The summed E-state index contributed by atoms with van der Waals surface area (Å²) in [4.78, 5) is 2.89. The van der Waals surface area contributed by atoms with E-state index < -0.39 is 6.10 Å². The molecule has 0 saturated heterocycles. The number of aromatic nitrogens is 1. The lowest BCUT2D eigenvalue weighted by molar-refractivity contribution is 0.196. The van der Waals surface area contributed by atoms with E-state index >= 15 is 0 Å². The molecule has 1 aromatic carbocycles. The molecule has 0 aliphatic carbocycles. The molecule has 0 aliphatic heterocycles. The number of fused-ring (bicyclic) bond motifs is 1. The van der Waals surface area contributed by atoms with Crippen molar-refractivity contribution in [3.63, 3.8) is 0 Å². The molecule has 2 rings (SSSR count). The van der Waals surface area contributed by atoms with Crippen LogP contribution in [0.4, 0.5) is 4.39 Å². The standard InChI is InChI=1S/C11H11BrFNO/c1-6(15)4-7-5-14-11-9(13)3-2-8(12)10(7)11/h2-3,5-6,14-15H,4H2,1H3. The first-order chi connectivity index (χ1) is 7.09. The lowest BCUT2D eigenvalue weighted by Gasteiger charge is -2.03. The molecule has 15 heavy (non-hydrogen) atoms. The van der Waals surface area contributed by atoms with Crippen molar-refractivity contribution < 1.29 is 9.50 Å². The van der Waals surface area contributed by atoms with Gasteiger partial charge in [-0.15, -0.1) is 0 Å².